The molecule has 0 fully saturated rings. The number of rotatable bonds is 20. The molecule has 0 rings (SSSR count). The van der Waals surface area contributed by atoms with Gasteiger partial charge in [0.1, 0.15) is 6.10 Å². The minimum atomic E-state index is -0.453. The van der Waals surface area contributed by atoms with Crippen molar-refractivity contribution < 1.29 is 63.5 Å². The molecule has 3 atom stereocenters. The summed E-state index contributed by atoms with van der Waals surface area (Å²) in [7, 11) is 0. The Morgan fingerprint density at radius 2 is 1.62 bits per heavy atom. The van der Waals surface area contributed by atoms with Crippen LogP contribution >= 0.6 is 12.0 Å². The first-order valence-corrected chi connectivity index (χ1v) is 11.5. The van der Waals surface area contributed by atoms with E-state index >= 15 is 0 Å². The Balaban J connectivity index is 0. The molecule has 0 aromatic heterocycles. The molecule has 0 aliphatic heterocycles. The van der Waals surface area contributed by atoms with Crippen LogP contribution in [0.4, 0.5) is 0 Å². The quantitative estimate of drug-likeness (QED) is 0.0697. The van der Waals surface area contributed by atoms with Gasteiger partial charge in [0, 0.05) is 12.0 Å². The SMILES string of the molecule is CCCCCC(CC)OC(=O)CC(COOCC(CC)CCCC)SOO[O-].[Na+]. The van der Waals surface area contributed by atoms with Crippen molar-refractivity contribution in [3.8, 4) is 0 Å². The molecule has 0 spiro atoms. The van der Waals surface area contributed by atoms with Gasteiger partial charge in [-0.05, 0) is 31.6 Å². The molecule has 0 aliphatic carbocycles. The van der Waals surface area contributed by atoms with Gasteiger partial charge in [-0.25, -0.2) is 9.78 Å². The third-order valence-electron chi connectivity index (χ3n) is 4.66. The van der Waals surface area contributed by atoms with Crippen molar-refractivity contribution in [2.75, 3.05) is 13.2 Å². The summed E-state index contributed by atoms with van der Waals surface area (Å²) in [5.74, 6) is 0.110. The molecular weight excluding hydrogens is 407 g/mol. The molecule has 0 saturated carbocycles. The molecule has 0 amide bonds. The summed E-state index contributed by atoms with van der Waals surface area (Å²) in [5, 5.41) is 13.1. The maximum atomic E-state index is 12.2. The fourth-order valence-electron chi connectivity index (χ4n) is 2.75. The Kier molecular flexibility index (Phi) is 25.5. The second kappa shape index (κ2) is 23.3. The van der Waals surface area contributed by atoms with E-state index in [2.05, 4.69) is 30.1 Å². The van der Waals surface area contributed by atoms with Crippen LogP contribution in [-0.4, -0.2) is 30.5 Å². The minimum absolute atomic E-state index is 0. The third kappa shape index (κ3) is 19.1. The summed E-state index contributed by atoms with van der Waals surface area (Å²) in [6.07, 6.45) is 9.36. The molecule has 0 bridgehead atoms. The van der Waals surface area contributed by atoms with Crippen molar-refractivity contribution in [2.24, 2.45) is 5.92 Å². The number of hydrogen-bond donors (Lipinski definition) is 0. The zero-order valence-corrected chi connectivity index (χ0v) is 21.8. The number of unbranched alkanes of at least 4 members (excludes halogenated alkanes) is 3. The third-order valence-corrected chi connectivity index (χ3v) is 5.37. The number of esters is 1. The molecule has 9 heteroatoms. The van der Waals surface area contributed by atoms with E-state index in [1.165, 1.54) is 0 Å². The van der Waals surface area contributed by atoms with Crippen molar-refractivity contribution in [1.82, 2.24) is 0 Å². The number of carbonyl (C=O) groups excluding carboxylic acids is 1. The number of carbonyl (C=O) groups is 1. The van der Waals surface area contributed by atoms with Crippen LogP contribution in [0.2, 0.25) is 0 Å². The van der Waals surface area contributed by atoms with E-state index < -0.39 is 5.25 Å². The van der Waals surface area contributed by atoms with Gasteiger partial charge in [0.15, 0.2) is 0 Å². The first-order valence-electron chi connectivity index (χ1n) is 10.7. The van der Waals surface area contributed by atoms with E-state index in [0.29, 0.717) is 12.5 Å². The number of ether oxygens (including phenoxy) is 1. The van der Waals surface area contributed by atoms with Gasteiger partial charge in [-0.3, -0.25) is 9.83 Å². The van der Waals surface area contributed by atoms with Crippen molar-refractivity contribution in [2.45, 2.75) is 103 Å². The van der Waals surface area contributed by atoms with Crippen LogP contribution in [0.3, 0.4) is 0 Å². The molecule has 0 radical (unpaired) electrons. The molecule has 7 nitrogen and oxygen atoms in total. The topological polar surface area (TPSA) is 86.3 Å². The molecule has 0 heterocycles. The van der Waals surface area contributed by atoms with Gasteiger partial charge < -0.3 is 9.99 Å². The summed E-state index contributed by atoms with van der Waals surface area (Å²) in [5.41, 5.74) is 0. The average molecular weight is 447 g/mol. The van der Waals surface area contributed by atoms with Crippen molar-refractivity contribution in [3.05, 3.63) is 0 Å². The Morgan fingerprint density at radius 1 is 0.931 bits per heavy atom. The Bertz CT molecular complexity index is 364. The predicted molar refractivity (Wildman–Crippen MR) is 108 cm³/mol. The average Bonchev–Trinajstić information content (AvgIpc) is 2.70. The molecule has 0 aromatic carbocycles. The monoisotopic (exact) mass is 446 g/mol. The van der Waals surface area contributed by atoms with Crippen molar-refractivity contribution in [1.29, 1.82) is 0 Å². The number of hydrogen-bond acceptors (Lipinski definition) is 8. The Morgan fingerprint density at radius 3 is 2.21 bits per heavy atom. The Hall–Kier alpha value is 0.620. The van der Waals surface area contributed by atoms with Gasteiger partial charge in [0.25, 0.3) is 0 Å². The van der Waals surface area contributed by atoms with E-state index in [0.717, 1.165) is 69.8 Å². The first-order chi connectivity index (χ1) is 13.6. The van der Waals surface area contributed by atoms with Gasteiger partial charge in [-0.2, -0.15) is 4.33 Å². The largest absolute Gasteiger partial charge is 1.00 e. The molecule has 29 heavy (non-hydrogen) atoms. The van der Waals surface area contributed by atoms with Gasteiger partial charge in [-0.15, -0.1) is 0 Å². The molecular formula is C20H39NaO7S. The maximum Gasteiger partial charge on any atom is 1.00 e. The minimum Gasteiger partial charge on any atom is -0.691 e. The van der Waals surface area contributed by atoms with Crippen LogP contribution in [0.25, 0.3) is 0 Å². The molecule has 168 valence electrons. The van der Waals surface area contributed by atoms with E-state index in [4.69, 9.17) is 14.5 Å². The van der Waals surface area contributed by atoms with Crippen LogP contribution in [0.1, 0.15) is 91.9 Å². The van der Waals surface area contributed by atoms with Gasteiger partial charge >= 0.3 is 35.5 Å². The molecule has 0 aliphatic rings. The fourth-order valence-corrected chi connectivity index (χ4v) is 3.21. The van der Waals surface area contributed by atoms with Crippen LogP contribution in [0.5, 0.6) is 0 Å². The molecule has 0 N–H and O–H groups in total. The van der Waals surface area contributed by atoms with Crippen LogP contribution in [-0.2, 0) is 28.7 Å². The summed E-state index contributed by atoms with van der Waals surface area (Å²) >= 11 is 0.744. The zero-order valence-electron chi connectivity index (χ0n) is 19.0. The zero-order chi connectivity index (χ0) is 21.0. The summed E-state index contributed by atoms with van der Waals surface area (Å²) in [6.45, 7) is 9.04. The predicted octanol–water partition coefficient (Wildman–Crippen LogP) is 1.69. The van der Waals surface area contributed by atoms with Gasteiger partial charge in [0.2, 0.25) is 0 Å². The van der Waals surface area contributed by atoms with E-state index in [1.807, 2.05) is 6.92 Å². The van der Waals surface area contributed by atoms with Crippen LogP contribution < -0.4 is 34.8 Å². The first kappa shape index (κ1) is 31.8. The summed E-state index contributed by atoms with van der Waals surface area (Å²) in [6, 6.07) is 0. The smallest absolute Gasteiger partial charge is 0.691 e. The summed E-state index contributed by atoms with van der Waals surface area (Å²) in [4.78, 5) is 22.8. The fraction of sp³-hybridized carbons (Fsp3) is 0.950. The molecule has 0 aromatic rings. The van der Waals surface area contributed by atoms with Crippen molar-refractivity contribution in [3.63, 3.8) is 0 Å². The Labute approximate surface area is 203 Å². The van der Waals surface area contributed by atoms with Crippen LogP contribution in [0.15, 0.2) is 0 Å². The second-order valence-corrected chi connectivity index (χ2v) is 8.06. The molecule has 0 saturated heterocycles. The van der Waals surface area contributed by atoms with Crippen molar-refractivity contribution >= 4 is 18.0 Å². The van der Waals surface area contributed by atoms with Crippen LogP contribution in [0, 0.1) is 5.92 Å². The molecule has 3 unspecified atom stereocenters. The van der Waals surface area contributed by atoms with E-state index in [1.54, 1.807) is 0 Å². The maximum absolute atomic E-state index is 12.2. The summed E-state index contributed by atoms with van der Waals surface area (Å²) < 4.78 is 9.92. The second-order valence-electron chi connectivity index (χ2n) is 7.06. The normalized spacial score (nSPS) is 14.1. The standard InChI is InChI=1S/C20H40O7S.Na/c1-5-9-11-13-18(8-4)25-20(21)14-19(28-27-26-22)16-24-23-15-17(7-3)12-10-6-2;/h17-19,22H,5-16H2,1-4H3;/q;+1/p-1. The van der Waals surface area contributed by atoms with Gasteiger partial charge in [-0.1, -0.05) is 59.8 Å². The van der Waals surface area contributed by atoms with E-state index in [-0.39, 0.29) is 54.7 Å². The van der Waals surface area contributed by atoms with E-state index in [9.17, 15) is 10.1 Å². The van der Waals surface area contributed by atoms with Gasteiger partial charge in [0.05, 0.1) is 24.9 Å².